The molecule has 0 spiro atoms. The van der Waals surface area contributed by atoms with Crippen molar-refractivity contribution < 1.29 is 5.21 Å². The van der Waals surface area contributed by atoms with Gasteiger partial charge >= 0.3 is 0 Å². The van der Waals surface area contributed by atoms with E-state index in [2.05, 4.69) is 15.0 Å². The number of likely N-dealkylation sites (N-methyl/N-ethyl adjacent to an activating group) is 1. The minimum atomic E-state index is 0.218. The van der Waals surface area contributed by atoms with Crippen LogP contribution >= 0.6 is 0 Å². The molecule has 5 nitrogen and oxygen atoms in total. The molecule has 0 aliphatic heterocycles. The van der Waals surface area contributed by atoms with Gasteiger partial charge in [0.2, 0.25) is 0 Å². The van der Waals surface area contributed by atoms with Gasteiger partial charge in [-0.1, -0.05) is 18.1 Å². The standard InChI is InChI=1S/C11H18N4O/c1-3-15(8-11(12)14-16)7-10-9(2)5-4-6-13-10/h4-6,16H,3,7-8H2,1-2H3,(H2,12,14). The molecule has 0 bridgehead atoms. The van der Waals surface area contributed by atoms with E-state index in [0.29, 0.717) is 13.1 Å². The predicted octanol–water partition coefficient (Wildman–Crippen LogP) is 0.958. The number of nitrogens with two attached hydrogens (primary N) is 1. The Bertz CT molecular complexity index is 365. The SMILES string of the molecule is CCN(C/C(N)=N/O)Cc1ncccc1C. The quantitative estimate of drug-likeness (QED) is 0.337. The minimum absolute atomic E-state index is 0.218. The molecule has 0 aliphatic rings. The second kappa shape index (κ2) is 6.07. The maximum Gasteiger partial charge on any atom is 0.153 e. The molecular weight excluding hydrogens is 204 g/mol. The second-order valence-corrected chi connectivity index (χ2v) is 3.66. The Morgan fingerprint density at radius 2 is 2.38 bits per heavy atom. The first-order valence-corrected chi connectivity index (χ1v) is 5.26. The van der Waals surface area contributed by atoms with Crippen LogP contribution in [0.2, 0.25) is 0 Å². The summed E-state index contributed by atoms with van der Waals surface area (Å²) in [4.78, 5) is 6.37. The second-order valence-electron chi connectivity index (χ2n) is 3.66. The number of hydrogen-bond acceptors (Lipinski definition) is 4. The van der Waals surface area contributed by atoms with E-state index in [0.717, 1.165) is 17.8 Å². The van der Waals surface area contributed by atoms with Crippen LogP contribution in [0.4, 0.5) is 0 Å². The van der Waals surface area contributed by atoms with Crippen LogP contribution in [-0.4, -0.2) is 34.0 Å². The van der Waals surface area contributed by atoms with Gasteiger partial charge in [-0.2, -0.15) is 0 Å². The van der Waals surface area contributed by atoms with E-state index in [1.807, 2.05) is 26.0 Å². The number of aryl methyl sites for hydroxylation is 1. The molecule has 0 saturated heterocycles. The zero-order valence-electron chi connectivity index (χ0n) is 9.72. The summed E-state index contributed by atoms with van der Waals surface area (Å²) in [5, 5.41) is 11.5. The number of amidine groups is 1. The highest BCUT2D eigenvalue weighted by molar-refractivity contribution is 5.81. The third-order valence-corrected chi connectivity index (χ3v) is 2.45. The molecule has 0 aliphatic carbocycles. The maximum absolute atomic E-state index is 8.52. The highest BCUT2D eigenvalue weighted by Crippen LogP contribution is 2.06. The molecule has 0 fully saturated rings. The van der Waals surface area contributed by atoms with Gasteiger partial charge in [-0.15, -0.1) is 0 Å². The summed E-state index contributed by atoms with van der Waals surface area (Å²) < 4.78 is 0. The van der Waals surface area contributed by atoms with Gasteiger partial charge in [-0.25, -0.2) is 0 Å². The van der Waals surface area contributed by atoms with Crippen LogP contribution in [0.15, 0.2) is 23.5 Å². The van der Waals surface area contributed by atoms with E-state index in [-0.39, 0.29) is 5.84 Å². The summed E-state index contributed by atoms with van der Waals surface area (Å²) in [6, 6.07) is 3.94. The van der Waals surface area contributed by atoms with Crippen LogP contribution in [0, 0.1) is 6.92 Å². The Labute approximate surface area is 95.6 Å². The van der Waals surface area contributed by atoms with Crippen LogP contribution in [0.3, 0.4) is 0 Å². The average molecular weight is 222 g/mol. The first-order chi connectivity index (χ1) is 7.67. The molecule has 1 heterocycles. The summed E-state index contributed by atoms with van der Waals surface area (Å²) in [6.07, 6.45) is 1.78. The third-order valence-electron chi connectivity index (χ3n) is 2.45. The van der Waals surface area contributed by atoms with Gasteiger partial charge < -0.3 is 10.9 Å². The monoisotopic (exact) mass is 222 g/mol. The first-order valence-electron chi connectivity index (χ1n) is 5.26. The highest BCUT2D eigenvalue weighted by Gasteiger charge is 2.08. The molecule has 3 N–H and O–H groups in total. The van der Waals surface area contributed by atoms with E-state index >= 15 is 0 Å². The summed E-state index contributed by atoms with van der Waals surface area (Å²) in [5.41, 5.74) is 7.66. The highest BCUT2D eigenvalue weighted by atomic mass is 16.4. The molecule has 0 radical (unpaired) electrons. The zero-order valence-corrected chi connectivity index (χ0v) is 9.72. The van der Waals surface area contributed by atoms with Crippen molar-refractivity contribution in [3.63, 3.8) is 0 Å². The van der Waals surface area contributed by atoms with Gasteiger partial charge in [0.25, 0.3) is 0 Å². The largest absolute Gasteiger partial charge is 0.409 e. The summed E-state index contributed by atoms with van der Waals surface area (Å²) in [6.45, 7) is 6.04. The fraction of sp³-hybridized carbons (Fsp3) is 0.455. The van der Waals surface area contributed by atoms with Crippen molar-refractivity contribution in [1.82, 2.24) is 9.88 Å². The van der Waals surface area contributed by atoms with Gasteiger partial charge in [-0.3, -0.25) is 9.88 Å². The number of rotatable bonds is 5. The van der Waals surface area contributed by atoms with Crippen molar-refractivity contribution in [3.05, 3.63) is 29.6 Å². The summed E-state index contributed by atoms with van der Waals surface area (Å²) in [7, 11) is 0. The normalized spacial score (nSPS) is 12.1. The van der Waals surface area contributed by atoms with E-state index < -0.39 is 0 Å². The van der Waals surface area contributed by atoms with Gasteiger partial charge in [0.05, 0.1) is 12.2 Å². The lowest BCUT2D eigenvalue weighted by Crippen LogP contribution is -2.33. The fourth-order valence-electron chi connectivity index (χ4n) is 1.44. The van der Waals surface area contributed by atoms with Crippen LogP contribution < -0.4 is 5.73 Å². The summed E-state index contributed by atoms with van der Waals surface area (Å²) >= 11 is 0. The number of pyridine rings is 1. The lowest BCUT2D eigenvalue weighted by molar-refractivity contribution is 0.292. The van der Waals surface area contributed by atoms with Gasteiger partial charge in [-0.05, 0) is 25.1 Å². The Balaban J connectivity index is 2.67. The van der Waals surface area contributed by atoms with E-state index in [4.69, 9.17) is 10.9 Å². The number of hydrogen-bond donors (Lipinski definition) is 2. The van der Waals surface area contributed by atoms with Crippen molar-refractivity contribution in [2.45, 2.75) is 20.4 Å². The topological polar surface area (TPSA) is 74.7 Å². The predicted molar refractivity (Wildman–Crippen MR) is 63.3 cm³/mol. The molecule has 1 aromatic heterocycles. The maximum atomic E-state index is 8.52. The van der Waals surface area contributed by atoms with Crippen molar-refractivity contribution in [2.24, 2.45) is 10.9 Å². The molecule has 1 aromatic rings. The van der Waals surface area contributed by atoms with E-state index in [1.54, 1.807) is 6.20 Å². The van der Waals surface area contributed by atoms with Gasteiger partial charge in [0.15, 0.2) is 5.84 Å². The molecule has 0 atom stereocenters. The lowest BCUT2D eigenvalue weighted by atomic mass is 10.2. The molecule has 1 rings (SSSR count). The number of nitrogens with zero attached hydrogens (tertiary/aromatic N) is 3. The van der Waals surface area contributed by atoms with Crippen molar-refractivity contribution in [1.29, 1.82) is 0 Å². The van der Waals surface area contributed by atoms with Gasteiger partial charge in [0, 0.05) is 12.7 Å². The van der Waals surface area contributed by atoms with Crippen molar-refractivity contribution in [3.8, 4) is 0 Å². The van der Waals surface area contributed by atoms with Crippen LogP contribution in [-0.2, 0) is 6.54 Å². The van der Waals surface area contributed by atoms with E-state index in [1.165, 1.54) is 0 Å². The Hall–Kier alpha value is -1.62. The molecule has 88 valence electrons. The summed E-state index contributed by atoms with van der Waals surface area (Å²) in [5.74, 6) is 0.218. The fourth-order valence-corrected chi connectivity index (χ4v) is 1.44. The Morgan fingerprint density at radius 3 is 2.94 bits per heavy atom. The number of aromatic nitrogens is 1. The average Bonchev–Trinajstić information content (AvgIpc) is 2.30. The van der Waals surface area contributed by atoms with Crippen LogP contribution in [0.5, 0.6) is 0 Å². The first kappa shape index (κ1) is 12.4. The Kier molecular flexibility index (Phi) is 4.72. The Morgan fingerprint density at radius 1 is 1.62 bits per heavy atom. The number of oxime groups is 1. The van der Waals surface area contributed by atoms with E-state index in [9.17, 15) is 0 Å². The molecule has 5 heteroatoms. The van der Waals surface area contributed by atoms with Gasteiger partial charge in [0.1, 0.15) is 0 Å². The van der Waals surface area contributed by atoms with Crippen molar-refractivity contribution in [2.75, 3.05) is 13.1 Å². The zero-order chi connectivity index (χ0) is 12.0. The molecule has 0 aromatic carbocycles. The minimum Gasteiger partial charge on any atom is -0.409 e. The van der Waals surface area contributed by atoms with Crippen LogP contribution in [0.25, 0.3) is 0 Å². The molecule has 16 heavy (non-hydrogen) atoms. The molecule has 0 amide bonds. The van der Waals surface area contributed by atoms with Crippen LogP contribution in [0.1, 0.15) is 18.2 Å². The lowest BCUT2D eigenvalue weighted by Gasteiger charge is -2.19. The molecule has 0 unspecified atom stereocenters. The smallest absolute Gasteiger partial charge is 0.153 e. The van der Waals surface area contributed by atoms with Crippen molar-refractivity contribution >= 4 is 5.84 Å². The molecular formula is C11H18N4O. The third kappa shape index (κ3) is 3.51. The molecule has 0 saturated carbocycles.